The number of rotatable bonds is 7. The van der Waals surface area contributed by atoms with E-state index in [1.54, 1.807) is 0 Å². The zero-order chi connectivity index (χ0) is 13.4. The molecule has 0 heterocycles. The number of allylic oxidation sites excluding steroid dienone is 1. The van der Waals surface area contributed by atoms with Crippen molar-refractivity contribution in [3.8, 4) is 0 Å². The minimum absolute atomic E-state index is 0.0281. The number of hydrogen-bond acceptors (Lipinski definition) is 3. The number of sulfone groups is 1. The molecule has 18 heavy (non-hydrogen) atoms. The lowest BCUT2D eigenvalue weighted by molar-refractivity contribution is 0.148. The van der Waals surface area contributed by atoms with Crippen LogP contribution in [-0.4, -0.2) is 27.0 Å². The molecule has 0 radical (unpaired) electrons. The van der Waals surface area contributed by atoms with Gasteiger partial charge in [0, 0.05) is 6.26 Å². The summed E-state index contributed by atoms with van der Waals surface area (Å²) in [5.41, 5.74) is 1.13. The molecule has 0 fully saturated rings. The molecule has 0 amide bonds. The molecular formula is C14H20O3S. The topological polar surface area (TPSA) is 43.4 Å². The molecule has 0 aromatic heterocycles. The maximum Gasteiger partial charge on any atom is 0.148 e. The normalized spacial score (nSPS) is 13.9. The fraction of sp³-hybridized carbons (Fsp3) is 0.429. The summed E-state index contributed by atoms with van der Waals surface area (Å²) in [7, 11) is -2.90. The predicted molar refractivity (Wildman–Crippen MR) is 74.1 cm³/mol. The molecule has 4 heteroatoms. The van der Waals surface area contributed by atoms with Gasteiger partial charge in [-0.3, -0.25) is 0 Å². The SMILES string of the molecule is C[C@H](/C=C\COCc1ccccc1)CS(C)(=O)=O. The molecular weight excluding hydrogens is 248 g/mol. The zero-order valence-corrected chi connectivity index (χ0v) is 11.7. The highest BCUT2D eigenvalue weighted by Crippen LogP contribution is 2.03. The van der Waals surface area contributed by atoms with Gasteiger partial charge in [0.15, 0.2) is 0 Å². The van der Waals surface area contributed by atoms with Crippen LogP contribution in [0.1, 0.15) is 12.5 Å². The number of ether oxygens (including phenoxy) is 1. The minimum Gasteiger partial charge on any atom is -0.373 e. The summed E-state index contributed by atoms with van der Waals surface area (Å²) in [6, 6.07) is 9.94. The van der Waals surface area contributed by atoms with Crippen molar-refractivity contribution < 1.29 is 13.2 Å². The fourth-order valence-corrected chi connectivity index (χ4v) is 2.71. The van der Waals surface area contributed by atoms with E-state index < -0.39 is 9.84 Å². The van der Waals surface area contributed by atoms with Gasteiger partial charge in [-0.1, -0.05) is 49.4 Å². The molecule has 1 atom stereocenters. The van der Waals surface area contributed by atoms with E-state index >= 15 is 0 Å². The molecule has 0 spiro atoms. The molecule has 0 N–H and O–H groups in total. The summed E-state index contributed by atoms with van der Waals surface area (Å²) in [5, 5.41) is 0. The third-order valence-corrected chi connectivity index (χ3v) is 3.49. The maximum absolute atomic E-state index is 11.1. The third kappa shape index (κ3) is 7.25. The van der Waals surface area contributed by atoms with Gasteiger partial charge in [-0.2, -0.15) is 0 Å². The van der Waals surface area contributed by atoms with Gasteiger partial charge in [0.25, 0.3) is 0 Å². The second-order valence-corrected chi connectivity index (χ2v) is 6.68. The fourth-order valence-electron chi connectivity index (χ4n) is 1.64. The molecule has 0 unspecified atom stereocenters. The van der Waals surface area contributed by atoms with E-state index in [0.29, 0.717) is 13.2 Å². The standard InChI is InChI=1S/C14H20O3S/c1-13(12-18(2,15)16)7-6-10-17-11-14-8-4-3-5-9-14/h3-9,13H,10-12H2,1-2H3/b7-6-/t13-/m1/s1. The van der Waals surface area contributed by atoms with Crippen LogP contribution in [0.2, 0.25) is 0 Å². The molecule has 100 valence electrons. The third-order valence-electron chi connectivity index (χ3n) is 2.36. The Balaban J connectivity index is 2.22. The van der Waals surface area contributed by atoms with Gasteiger partial charge in [-0.25, -0.2) is 8.42 Å². The van der Waals surface area contributed by atoms with Crippen LogP contribution >= 0.6 is 0 Å². The van der Waals surface area contributed by atoms with Gasteiger partial charge in [-0.15, -0.1) is 0 Å². The quantitative estimate of drug-likeness (QED) is 0.563. The van der Waals surface area contributed by atoms with Gasteiger partial charge in [0.1, 0.15) is 9.84 Å². The van der Waals surface area contributed by atoms with E-state index in [-0.39, 0.29) is 11.7 Å². The van der Waals surface area contributed by atoms with E-state index in [1.807, 2.05) is 49.4 Å². The second-order valence-electron chi connectivity index (χ2n) is 4.50. The first-order valence-corrected chi connectivity index (χ1v) is 7.99. The van der Waals surface area contributed by atoms with Crippen LogP contribution in [0.15, 0.2) is 42.5 Å². The first kappa shape index (κ1) is 14.9. The van der Waals surface area contributed by atoms with E-state index in [0.717, 1.165) is 5.56 Å². The summed E-state index contributed by atoms with van der Waals surface area (Å²) in [4.78, 5) is 0. The zero-order valence-electron chi connectivity index (χ0n) is 10.9. The average Bonchev–Trinajstić information content (AvgIpc) is 2.27. The Hall–Kier alpha value is -1.13. The van der Waals surface area contributed by atoms with Crippen LogP contribution in [0.5, 0.6) is 0 Å². The van der Waals surface area contributed by atoms with Gasteiger partial charge < -0.3 is 4.74 Å². The smallest absolute Gasteiger partial charge is 0.148 e. The summed E-state index contributed by atoms with van der Waals surface area (Å²) in [5.74, 6) is 0.211. The van der Waals surface area contributed by atoms with E-state index in [2.05, 4.69) is 0 Å². The Bertz CT molecular complexity index is 463. The van der Waals surface area contributed by atoms with Gasteiger partial charge in [0.2, 0.25) is 0 Å². The largest absolute Gasteiger partial charge is 0.373 e. The lowest BCUT2D eigenvalue weighted by atomic mass is 10.2. The molecule has 0 aliphatic carbocycles. The number of benzene rings is 1. The van der Waals surface area contributed by atoms with E-state index in [1.165, 1.54) is 6.26 Å². The molecule has 1 aromatic carbocycles. The lowest BCUT2D eigenvalue weighted by Crippen LogP contribution is -2.10. The summed E-state index contributed by atoms with van der Waals surface area (Å²) < 4.78 is 27.6. The lowest BCUT2D eigenvalue weighted by Gasteiger charge is -2.04. The molecule has 3 nitrogen and oxygen atoms in total. The minimum atomic E-state index is -2.90. The van der Waals surface area contributed by atoms with Crippen LogP contribution in [0.3, 0.4) is 0 Å². The van der Waals surface area contributed by atoms with Crippen molar-refractivity contribution in [1.82, 2.24) is 0 Å². The van der Waals surface area contributed by atoms with Crippen molar-refractivity contribution in [3.63, 3.8) is 0 Å². The molecule has 1 rings (SSSR count). The monoisotopic (exact) mass is 268 g/mol. The van der Waals surface area contributed by atoms with Crippen LogP contribution < -0.4 is 0 Å². The first-order chi connectivity index (χ1) is 8.47. The predicted octanol–water partition coefficient (Wildman–Crippen LogP) is 2.44. The van der Waals surface area contributed by atoms with Crippen molar-refractivity contribution in [2.75, 3.05) is 18.6 Å². The molecule has 0 saturated carbocycles. The van der Waals surface area contributed by atoms with Crippen LogP contribution in [0.4, 0.5) is 0 Å². The number of hydrogen-bond donors (Lipinski definition) is 0. The molecule has 0 saturated heterocycles. The van der Waals surface area contributed by atoms with Crippen molar-refractivity contribution in [2.24, 2.45) is 5.92 Å². The average molecular weight is 268 g/mol. The van der Waals surface area contributed by atoms with Gasteiger partial charge >= 0.3 is 0 Å². The first-order valence-electron chi connectivity index (χ1n) is 5.93. The summed E-state index contributed by atoms with van der Waals surface area (Å²) in [6.07, 6.45) is 5.01. The Morgan fingerprint density at radius 1 is 1.28 bits per heavy atom. The van der Waals surface area contributed by atoms with E-state index in [9.17, 15) is 8.42 Å². The van der Waals surface area contributed by atoms with Crippen molar-refractivity contribution in [3.05, 3.63) is 48.0 Å². The Morgan fingerprint density at radius 2 is 1.94 bits per heavy atom. The van der Waals surface area contributed by atoms with Crippen molar-refractivity contribution >= 4 is 9.84 Å². The van der Waals surface area contributed by atoms with Crippen LogP contribution in [0.25, 0.3) is 0 Å². The maximum atomic E-state index is 11.1. The molecule has 1 aromatic rings. The summed E-state index contributed by atoms with van der Waals surface area (Å²) >= 11 is 0. The van der Waals surface area contributed by atoms with Crippen LogP contribution in [-0.2, 0) is 21.2 Å². The molecule has 0 aliphatic rings. The second kappa shape index (κ2) is 7.34. The van der Waals surface area contributed by atoms with Crippen molar-refractivity contribution in [1.29, 1.82) is 0 Å². The molecule has 0 bridgehead atoms. The van der Waals surface area contributed by atoms with Crippen LogP contribution in [0, 0.1) is 5.92 Å². The van der Waals surface area contributed by atoms with Gasteiger partial charge in [-0.05, 0) is 11.5 Å². The highest BCUT2D eigenvalue weighted by molar-refractivity contribution is 7.90. The molecule has 0 aliphatic heterocycles. The Morgan fingerprint density at radius 3 is 2.56 bits per heavy atom. The Labute approximate surface area is 109 Å². The highest BCUT2D eigenvalue weighted by Gasteiger charge is 2.06. The van der Waals surface area contributed by atoms with E-state index in [4.69, 9.17) is 4.74 Å². The highest BCUT2D eigenvalue weighted by atomic mass is 32.2. The Kier molecular flexibility index (Phi) is 6.09. The van der Waals surface area contributed by atoms with Gasteiger partial charge in [0.05, 0.1) is 19.0 Å². The van der Waals surface area contributed by atoms with Crippen molar-refractivity contribution in [2.45, 2.75) is 13.5 Å². The summed E-state index contributed by atoms with van der Waals surface area (Å²) in [6.45, 7) is 2.96.